The lowest BCUT2D eigenvalue weighted by atomic mass is 10.1. The highest BCUT2D eigenvalue weighted by Crippen LogP contribution is 2.30. The van der Waals surface area contributed by atoms with Crippen LogP contribution in [0.15, 0.2) is 22.7 Å². The topological polar surface area (TPSA) is 101 Å². The van der Waals surface area contributed by atoms with Crippen molar-refractivity contribution in [2.24, 2.45) is 5.92 Å². The number of aliphatic carboxylic acids is 1. The maximum absolute atomic E-state index is 11.7. The van der Waals surface area contributed by atoms with Gasteiger partial charge < -0.3 is 10.0 Å². The molecule has 1 saturated heterocycles. The SMILES string of the molecule is O=C(O)C1CC(=O)N(Cc2cccc([N+](=O)[O-])c2Br)C1. The molecule has 1 N–H and O–H groups in total. The van der Waals surface area contributed by atoms with Crippen molar-refractivity contribution in [3.05, 3.63) is 38.3 Å². The van der Waals surface area contributed by atoms with E-state index in [4.69, 9.17) is 5.11 Å². The second-order valence-corrected chi connectivity index (χ2v) is 5.31. The summed E-state index contributed by atoms with van der Waals surface area (Å²) in [6.07, 6.45) is -0.0259. The molecule has 0 bridgehead atoms. The van der Waals surface area contributed by atoms with Gasteiger partial charge in [0.05, 0.1) is 10.8 Å². The van der Waals surface area contributed by atoms with Crippen LogP contribution in [0.4, 0.5) is 5.69 Å². The lowest BCUT2D eigenvalue weighted by molar-refractivity contribution is -0.385. The monoisotopic (exact) mass is 342 g/mol. The van der Waals surface area contributed by atoms with Crippen molar-refractivity contribution in [3.8, 4) is 0 Å². The van der Waals surface area contributed by atoms with Crippen LogP contribution in [0.2, 0.25) is 0 Å². The average molecular weight is 343 g/mol. The van der Waals surface area contributed by atoms with E-state index in [9.17, 15) is 19.7 Å². The van der Waals surface area contributed by atoms with Gasteiger partial charge in [0, 0.05) is 25.6 Å². The maximum atomic E-state index is 11.7. The molecule has 2 rings (SSSR count). The summed E-state index contributed by atoms with van der Waals surface area (Å²) < 4.78 is 0.316. The first kappa shape index (κ1) is 14.4. The van der Waals surface area contributed by atoms with E-state index in [1.807, 2.05) is 0 Å². The van der Waals surface area contributed by atoms with E-state index in [-0.39, 0.29) is 31.1 Å². The Labute approximate surface area is 122 Å². The molecule has 7 nitrogen and oxygen atoms in total. The van der Waals surface area contributed by atoms with Gasteiger partial charge in [-0.15, -0.1) is 0 Å². The lowest BCUT2D eigenvalue weighted by Crippen LogP contribution is -2.26. The van der Waals surface area contributed by atoms with Crippen molar-refractivity contribution in [1.29, 1.82) is 0 Å². The number of likely N-dealkylation sites (tertiary alicyclic amines) is 1. The molecule has 1 aromatic carbocycles. The van der Waals surface area contributed by atoms with Crippen LogP contribution in [0, 0.1) is 16.0 Å². The van der Waals surface area contributed by atoms with Crippen molar-refractivity contribution in [2.45, 2.75) is 13.0 Å². The minimum absolute atomic E-state index is 0.0259. The van der Waals surface area contributed by atoms with Crippen LogP contribution in [0.25, 0.3) is 0 Å². The molecule has 0 spiro atoms. The molecule has 0 aromatic heterocycles. The third-order valence-electron chi connectivity index (χ3n) is 3.18. The second kappa shape index (κ2) is 5.58. The van der Waals surface area contributed by atoms with E-state index in [1.54, 1.807) is 6.07 Å². The van der Waals surface area contributed by atoms with Gasteiger partial charge in [-0.05, 0) is 21.5 Å². The summed E-state index contributed by atoms with van der Waals surface area (Å²) in [5, 5.41) is 19.7. The fourth-order valence-electron chi connectivity index (χ4n) is 2.13. The van der Waals surface area contributed by atoms with Crippen molar-refractivity contribution in [1.82, 2.24) is 4.90 Å². The summed E-state index contributed by atoms with van der Waals surface area (Å²) in [6, 6.07) is 4.56. The van der Waals surface area contributed by atoms with Crippen LogP contribution < -0.4 is 0 Å². The van der Waals surface area contributed by atoms with Crippen molar-refractivity contribution >= 4 is 33.5 Å². The molecule has 20 heavy (non-hydrogen) atoms. The van der Waals surface area contributed by atoms with Gasteiger partial charge in [-0.25, -0.2) is 0 Å². The Kier molecular flexibility index (Phi) is 4.03. The zero-order valence-corrected chi connectivity index (χ0v) is 11.9. The summed E-state index contributed by atoms with van der Waals surface area (Å²) in [7, 11) is 0. The number of hydrogen-bond acceptors (Lipinski definition) is 4. The number of benzene rings is 1. The molecule has 1 heterocycles. The van der Waals surface area contributed by atoms with Crippen LogP contribution in [-0.2, 0) is 16.1 Å². The largest absolute Gasteiger partial charge is 0.481 e. The van der Waals surface area contributed by atoms with Gasteiger partial charge in [-0.3, -0.25) is 19.7 Å². The second-order valence-electron chi connectivity index (χ2n) is 4.52. The first-order valence-corrected chi connectivity index (χ1v) is 6.61. The molecular formula is C12H11BrN2O5. The molecular weight excluding hydrogens is 332 g/mol. The van der Waals surface area contributed by atoms with E-state index < -0.39 is 16.8 Å². The van der Waals surface area contributed by atoms with Gasteiger partial charge in [-0.1, -0.05) is 12.1 Å². The van der Waals surface area contributed by atoms with Gasteiger partial charge in [0.15, 0.2) is 0 Å². The number of rotatable bonds is 4. The average Bonchev–Trinajstić information content (AvgIpc) is 2.73. The Bertz CT molecular complexity index is 589. The Morgan fingerprint density at radius 3 is 2.80 bits per heavy atom. The van der Waals surface area contributed by atoms with Crippen molar-refractivity contribution in [2.75, 3.05) is 6.54 Å². The fraction of sp³-hybridized carbons (Fsp3) is 0.333. The van der Waals surface area contributed by atoms with E-state index in [2.05, 4.69) is 15.9 Å². The standard InChI is InChI=1S/C12H11BrN2O5/c13-11-7(2-1-3-9(11)15(19)20)5-14-6-8(12(17)18)4-10(14)16/h1-3,8H,4-6H2,(H,17,18). The quantitative estimate of drug-likeness (QED) is 0.663. The maximum Gasteiger partial charge on any atom is 0.308 e. The summed E-state index contributed by atoms with van der Waals surface area (Å²) >= 11 is 3.16. The summed E-state index contributed by atoms with van der Waals surface area (Å²) in [5.74, 6) is -1.96. The van der Waals surface area contributed by atoms with Crippen molar-refractivity contribution in [3.63, 3.8) is 0 Å². The molecule has 1 unspecified atom stereocenters. The smallest absolute Gasteiger partial charge is 0.308 e. The minimum atomic E-state index is -1.00. The number of nitro groups is 1. The Morgan fingerprint density at radius 1 is 1.55 bits per heavy atom. The summed E-state index contributed by atoms with van der Waals surface area (Å²) in [6.45, 7) is 0.286. The van der Waals surface area contributed by atoms with Crippen LogP contribution in [0.3, 0.4) is 0 Å². The fourth-order valence-corrected chi connectivity index (χ4v) is 2.66. The molecule has 106 valence electrons. The highest BCUT2D eigenvalue weighted by Gasteiger charge is 2.34. The number of amides is 1. The van der Waals surface area contributed by atoms with E-state index >= 15 is 0 Å². The van der Waals surface area contributed by atoms with E-state index in [0.29, 0.717) is 10.0 Å². The number of carbonyl (C=O) groups excluding carboxylic acids is 1. The van der Waals surface area contributed by atoms with Gasteiger partial charge in [0.25, 0.3) is 5.69 Å². The van der Waals surface area contributed by atoms with Crippen LogP contribution in [-0.4, -0.2) is 33.4 Å². The molecule has 8 heteroatoms. The predicted molar refractivity (Wildman–Crippen MR) is 72.0 cm³/mol. The molecule has 1 fully saturated rings. The third kappa shape index (κ3) is 2.79. The number of carboxylic acid groups (broad SMARTS) is 1. The van der Waals surface area contributed by atoms with Gasteiger partial charge in [0.1, 0.15) is 4.47 Å². The Balaban J connectivity index is 2.19. The highest BCUT2D eigenvalue weighted by atomic mass is 79.9. The predicted octanol–water partition coefficient (Wildman–Crippen LogP) is 1.79. The van der Waals surface area contributed by atoms with Crippen molar-refractivity contribution < 1.29 is 19.6 Å². The summed E-state index contributed by atoms with van der Waals surface area (Å²) in [5.41, 5.74) is 0.502. The number of carbonyl (C=O) groups is 2. The van der Waals surface area contributed by atoms with Gasteiger partial charge in [-0.2, -0.15) is 0 Å². The number of nitro benzene ring substituents is 1. The first-order chi connectivity index (χ1) is 9.40. The number of nitrogens with zero attached hydrogens (tertiary/aromatic N) is 2. The molecule has 0 aliphatic carbocycles. The Morgan fingerprint density at radius 2 is 2.25 bits per heavy atom. The lowest BCUT2D eigenvalue weighted by Gasteiger charge is -2.16. The van der Waals surface area contributed by atoms with Gasteiger partial charge in [0.2, 0.25) is 5.91 Å². The molecule has 1 aromatic rings. The molecule has 0 radical (unpaired) electrons. The highest BCUT2D eigenvalue weighted by molar-refractivity contribution is 9.10. The van der Waals surface area contributed by atoms with Gasteiger partial charge >= 0.3 is 5.97 Å². The Hall–Kier alpha value is -1.96. The normalized spacial score (nSPS) is 18.4. The minimum Gasteiger partial charge on any atom is -0.481 e. The zero-order chi connectivity index (χ0) is 14.9. The number of carboxylic acids is 1. The zero-order valence-electron chi connectivity index (χ0n) is 10.3. The van der Waals surface area contributed by atoms with Crippen LogP contribution >= 0.6 is 15.9 Å². The molecule has 0 saturated carbocycles. The molecule has 1 amide bonds. The number of hydrogen-bond donors (Lipinski definition) is 1. The van der Waals surface area contributed by atoms with E-state index in [1.165, 1.54) is 17.0 Å². The molecule has 1 aliphatic heterocycles. The van der Waals surface area contributed by atoms with Crippen LogP contribution in [0.5, 0.6) is 0 Å². The number of halogens is 1. The molecule has 1 atom stereocenters. The summed E-state index contributed by atoms with van der Waals surface area (Å²) in [4.78, 5) is 34.3. The molecule has 1 aliphatic rings. The first-order valence-electron chi connectivity index (χ1n) is 5.82. The third-order valence-corrected chi connectivity index (χ3v) is 4.10. The van der Waals surface area contributed by atoms with Crippen LogP contribution in [0.1, 0.15) is 12.0 Å². The van der Waals surface area contributed by atoms with E-state index in [0.717, 1.165) is 0 Å².